The lowest BCUT2D eigenvalue weighted by molar-refractivity contribution is -0.148. The summed E-state index contributed by atoms with van der Waals surface area (Å²) in [6.45, 7) is 0.0514. The first-order valence-electron chi connectivity index (χ1n) is 9.77. The number of phenols is 1. The van der Waals surface area contributed by atoms with Crippen LogP contribution in [0.15, 0.2) is 72.8 Å². The van der Waals surface area contributed by atoms with E-state index >= 15 is 0 Å². The predicted octanol–water partition coefficient (Wildman–Crippen LogP) is 3.42. The fourth-order valence-corrected chi connectivity index (χ4v) is 3.97. The minimum absolute atomic E-state index is 0.0514. The van der Waals surface area contributed by atoms with Gasteiger partial charge in [-0.2, -0.15) is 0 Å². The number of benzene rings is 3. The number of ether oxygens (including phenoxy) is 1. The van der Waals surface area contributed by atoms with Crippen LogP contribution in [0.25, 0.3) is 11.1 Å². The van der Waals surface area contributed by atoms with E-state index in [-0.39, 0.29) is 23.8 Å². The molecule has 7 nitrogen and oxygen atoms in total. The van der Waals surface area contributed by atoms with E-state index in [1.54, 1.807) is 0 Å². The van der Waals surface area contributed by atoms with Crippen LogP contribution in [0.2, 0.25) is 0 Å². The molecule has 1 aliphatic carbocycles. The summed E-state index contributed by atoms with van der Waals surface area (Å²) in [5.41, 5.74) is 4.51. The van der Waals surface area contributed by atoms with E-state index in [2.05, 4.69) is 5.32 Å². The van der Waals surface area contributed by atoms with Gasteiger partial charge in [0.05, 0.1) is 6.04 Å². The van der Waals surface area contributed by atoms with Crippen LogP contribution >= 0.6 is 0 Å². The van der Waals surface area contributed by atoms with Gasteiger partial charge in [0.25, 0.3) is 0 Å². The summed E-state index contributed by atoms with van der Waals surface area (Å²) in [5, 5.41) is 31.4. The Kier molecular flexibility index (Phi) is 5.60. The number of hydrogen-bond donors (Lipinski definition) is 4. The number of aliphatic hydroxyl groups is 1. The Morgan fingerprint density at radius 3 is 2.13 bits per heavy atom. The lowest BCUT2D eigenvalue weighted by Gasteiger charge is -2.22. The first-order valence-corrected chi connectivity index (χ1v) is 9.77. The van der Waals surface area contributed by atoms with E-state index in [4.69, 9.17) is 4.74 Å². The second-order valence-electron chi connectivity index (χ2n) is 7.33. The maximum atomic E-state index is 12.5. The number of carboxylic acids is 1. The molecule has 0 aromatic heterocycles. The highest BCUT2D eigenvalue weighted by Crippen LogP contribution is 2.44. The number of carbonyl (C=O) groups excluding carboxylic acids is 1. The molecule has 0 aliphatic heterocycles. The van der Waals surface area contributed by atoms with Gasteiger partial charge in [-0.05, 0) is 39.9 Å². The minimum atomic E-state index is -1.91. The molecular weight excluding hydrogens is 398 g/mol. The zero-order chi connectivity index (χ0) is 22.0. The van der Waals surface area contributed by atoms with Crippen molar-refractivity contribution in [3.63, 3.8) is 0 Å². The molecule has 31 heavy (non-hydrogen) atoms. The number of hydrogen-bond acceptors (Lipinski definition) is 5. The van der Waals surface area contributed by atoms with E-state index in [1.165, 1.54) is 24.3 Å². The fourth-order valence-electron chi connectivity index (χ4n) is 3.97. The van der Waals surface area contributed by atoms with Crippen molar-refractivity contribution in [2.75, 3.05) is 6.61 Å². The van der Waals surface area contributed by atoms with E-state index < -0.39 is 24.2 Å². The maximum absolute atomic E-state index is 12.5. The second-order valence-corrected chi connectivity index (χ2v) is 7.33. The number of fused-ring (bicyclic) bond motifs is 3. The van der Waals surface area contributed by atoms with Crippen molar-refractivity contribution in [2.24, 2.45) is 0 Å². The summed E-state index contributed by atoms with van der Waals surface area (Å²) < 4.78 is 5.44. The van der Waals surface area contributed by atoms with Gasteiger partial charge in [0, 0.05) is 5.92 Å². The predicted molar refractivity (Wildman–Crippen MR) is 113 cm³/mol. The third-order valence-corrected chi connectivity index (χ3v) is 5.42. The molecule has 1 aliphatic rings. The number of carboxylic acid groups (broad SMARTS) is 1. The summed E-state index contributed by atoms with van der Waals surface area (Å²) in [6.07, 6.45) is -2.78. The third kappa shape index (κ3) is 4.08. The van der Waals surface area contributed by atoms with Crippen LogP contribution in [-0.2, 0) is 9.53 Å². The molecule has 0 saturated carbocycles. The molecule has 1 amide bonds. The summed E-state index contributed by atoms with van der Waals surface area (Å²) in [4.78, 5) is 23.8. The number of carbonyl (C=O) groups is 2. The number of amides is 1. The maximum Gasteiger partial charge on any atom is 0.407 e. The Labute approximate surface area is 178 Å². The molecule has 3 aromatic carbocycles. The largest absolute Gasteiger partial charge is 0.508 e. The zero-order valence-electron chi connectivity index (χ0n) is 16.4. The smallest absolute Gasteiger partial charge is 0.407 e. The molecule has 0 radical (unpaired) electrons. The summed E-state index contributed by atoms with van der Waals surface area (Å²) in [5.74, 6) is -1.77. The van der Waals surface area contributed by atoms with Crippen LogP contribution in [0.5, 0.6) is 5.75 Å². The van der Waals surface area contributed by atoms with Crippen molar-refractivity contribution in [1.29, 1.82) is 0 Å². The fraction of sp³-hybridized carbons (Fsp3) is 0.167. The molecular formula is C24H21NO6. The Hall–Kier alpha value is -3.84. The number of aliphatic carboxylic acids is 1. The molecule has 2 atom stereocenters. The van der Waals surface area contributed by atoms with E-state index in [0.29, 0.717) is 0 Å². The SMILES string of the molecule is O=C(N[C@@H](c1cccc(O)c1)[C@H](O)C(=O)O)OCC1c2ccccc2-c2ccccc21. The average molecular weight is 419 g/mol. The van der Waals surface area contributed by atoms with Crippen molar-refractivity contribution >= 4 is 12.1 Å². The van der Waals surface area contributed by atoms with E-state index in [1.807, 2.05) is 48.5 Å². The van der Waals surface area contributed by atoms with Gasteiger partial charge in [-0.15, -0.1) is 0 Å². The summed E-state index contributed by atoms with van der Waals surface area (Å²) in [7, 11) is 0. The molecule has 4 N–H and O–H groups in total. The van der Waals surface area contributed by atoms with Crippen LogP contribution in [0.3, 0.4) is 0 Å². The van der Waals surface area contributed by atoms with Gasteiger partial charge < -0.3 is 25.4 Å². The molecule has 0 fully saturated rings. The molecule has 158 valence electrons. The molecule has 0 bridgehead atoms. The van der Waals surface area contributed by atoms with Gasteiger partial charge in [-0.1, -0.05) is 60.7 Å². The summed E-state index contributed by atoms with van der Waals surface area (Å²) in [6, 6.07) is 20.2. The Morgan fingerprint density at radius 2 is 1.55 bits per heavy atom. The first-order chi connectivity index (χ1) is 15.0. The lowest BCUT2D eigenvalue weighted by Crippen LogP contribution is -2.40. The monoisotopic (exact) mass is 419 g/mol. The van der Waals surface area contributed by atoms with Gasteiger partial charge >= 0.3 is 12.1 Å². The lowest BCUT2D eigenvalue weighted by atomic mass is 9.98. The number of aliphatic hydroxyl groups excluding tert-OH is 1. The number of rotatable bonds is 6. The van der Waals surface area contributed by atoms with Crippen molar-refractivity contribution < 1.29 is 29.6 Å². The zero-order valence-corrected chi connectivity index (χ0v) is 16.4. The van der Waals surface area contributed by atoms with Crippen LogP contribution in [0.1, 0.15) is 28.7 Å². The highest BCUT2D eigenvalue weighted by Gasteiger charge is 2.32. The standard InChI is InChI=1S/C24H21NO6/c26-15-7-5-6-14(12-15)21(22(27)23(28)29)25-24(30)31-13-20-18-10-3-1-8-16(18)17-9-2-4-11-19(17)20/h1-12,20-22,26-27H,13H2,(H,25,30)(H,28,29)/t21-,22-/m0/s1. The van der Waals surface area contributed by atoms with Crippen molar-refractivity contribution in [2.45, 2.75) is 18.1 Å². The molecule has 4 rings (SSSR count). The van der Waals surface area contributed by atoms with E-state index in [9.17, 15) is 24.9 Å². The van der Waals surface area contributed by atoms with Crippen LogP contribution in [0.4, 0.5) is 4.79 Å². The van der Waals surface area contributed by atoms with Crippen LogP contribution in [0, 0.1) is 0 Å². The first kappa shape index (κ1) is 20.4. The molecule has 0 unspecified atom stereocenters. The molecule has 0 spiro atoms. The van der Waals surface area contributed by atoms with Crippen molar-refractivity contribution in [3.8, 4) is 16.9 Å². The Bertz CT molecular complexity index is 1080. The van der Waals surface area contributed by atoms with Crippen molar-refractivity contribution in [3.05, 3.63) is 89.5 Å². The molecule has 3 aromatic rings. The van der Waals surface area contributed by atoms with Gasteiger partial charge in [0.1, 0.15) is 12.4 Å². The normalized spacial score (nSPS) is 14.2. The molecule has 7 heteroatoms. The van der Waals surface area contributed by atoms with Gasteiger partial charge in [-0.3, -0.25) is 0 Å². The minimum Gasteiger partial charge on any atom is -0.508 e. The highest BCUT2D eigenvalue weighted by atomic mass is 16.5. The second kappa shape index (κ2) is 8.49. The molecule has 0 heterocycles. The third-order valence-electron chi connectivity index (χ3n) is 5.42. The summed E-state index contributed by atoms with van der Waals surface area (Å²) >= 11 is 0. The van der Waals surface area contributed by atoms with Crippen LogP contribution in [-0.4, -0.2) is 40.1 Å². The number of nitrogens with one attached hydrogen (secondary N) is 1. The van der Waals surface area contributed by atoms with E-state index in [0.717, 1.165) is 22.3 Å². The topological polar surface area (TPSA) is 116 Å². The Balaban J connectivity index is 1.51. The van der Waals surface area contributed by atoms with Gasteiger partial charge in [-0.25, -0.2) is 9.59 Å². The number of phenolic OH excluding ortho intramolecular Hbond substituents is 1. The molecule has 0 saturated heterocycles. The highest BCUT2D eigenvalue weighted by molar-refractivity contribution is 5.79. The van der Waals surface area contributed by atoms with Crippen molar-refractivity contribution in [1.82, 2.24) is 5.32 Å². The number of aromatic hydroxyl groups is 1. The average Bonchev–Trinajstić information content (AvgIpc) is 3.09. The number of alkyl carbamates (subject to hydrolysis) is 1. The Morgan fingerprint density at radius 1 is 0.935 bits per heavy atom. The van der Waals surface area contributed by atoms with Crippen LogP contribution < -0.4 is 5.32 Å². The van der Waals surface area contributed by atoms with Gasteiger partial charge in [0.15, 0.2) is 6.10 Å². The quantitative estimate of drug-likeness (QED) is 0.487. The van der Waals surface area contributed by atoms with Gasteiger partial charge in [0.2, 0.25) is 0 Å².